The Bertz CT molecular complexity index is 259. The molecule has 1 rings (SSSR count). The number of nitrogens with one attached hydrogen (secondary N) is 1. The molecule has 0 spiro atoms. The van der Waals surface area contributed by atoms with Crippen LogP contribution in [0, 0.1) is 16.7 Å². The fourth-order valence-electron chi connectivity index (χ4n) is 3.47. The summed E-state index contributed by atoms with van der Waals surface area (Å²) in [5, 5.41) is 3.68. The molecule has 2 nitrogen and oxygen atoms in total. The van der Waals surface area contributed by atoms with Crippen molar-refractivity contribution in [1.82, 2.24) is 5.32 Å². The van der Waals surface area contributed by atoms with Gasteiger partial charge in [-0.3, -0.25) is 0 Å². The van der Waals surface area contributed by atoms with Crippen molar-refractivity contribution in [3.8, 4) is 0 Å². The van der Waals surface area contributed by atoms with Crippen LogP contribution in [0.25, 0.3) is 0 Å². The molecule has 0 saturated heterocycles. The Balaban J connectivity index is 2.57. The summed E-state index contributed by atoms with van der Waals surface area (Å²) in [5.74, 6) is 0.891. The molecule has 1 saturated carbocycles. The minimum atomic E-state index is 0.470. The van der Waals surface area contributed by atoms with Crippen molar-refractivity contribution in [2.24, 2.45) is 16.7 Å². The zero-order valence-electron chi connectivity index (χ0n) is 14.7. The first-order valence-electron chi connectivity index (χ1n) is 8.60. The van der Waals surface area contributed by atoms with Gasteiger partial charge in [-0.15, -0.1) is 0 Å². The lowest BCUT2D eigenvalue weighted by Crippen LogP contribution is -2.42. The second kappa shape index (κ2) is 7.79. The van der Waals surface area contributed by atoms with E-state index in [1.165, 1.54) is 32.1 Å². The van der Waals surface area contributed by atoms with Gasteiger partial charge in [-0.1, -0.05) is 34.6 Å². The van der Waals surface area contributed by atoms with Crippen molar-refractivity contribution < 1.29 is 4.74 Å². The van der Waals surface area contributed by atoms with Gasteiger partial charge in [-0.05, 0) is 55.8 Å². The van der Waals surface area contributed by atoms with Crippen LogP contribution in [0.3, 0.4) is 0 Å². The van der Waals surface area contributed by atoms with E-state index in [9.17, 15) is 0 Å². The average molecular weight is 284 g/mol. The Morgan fingerprint density at radius 2 is 1.80 bits per heavy atom. The molecule has 1 N–H and O–H groups in total. The van der Waals surface area contributed by atoms with Gasteiger partial charge >= 0.3 is 0 Å². The summed E-state index contributed by atoms with van der Waals surface area (Å²) in [7, 11) is 0. The van der Waals surface area contributed by atoms with Gasteiger partial charge in [0.1, 0.15) is 0 Å². The first-order chi connectivity index (χ1) is 9.29. The number of rotatable bonds is 7. The molecule has 0 aromatic rings. The van der Waals surface area contributed by atoms with Crippen molar-refractivity contribution in [3.05, 3.63) is 0 Å². The van der Waals surface area contributed by atoms with Crippen molar-refractivity contribution in [2.75, 3.05) is 19.8 Å². The molecular weight excluding hydrogens is 246 g/mol. The van der Waals surface area contributed by atoms with E-state index >= 15 is 0 Å². The van der Waals surface area contributed by atoms with Crippen molar-refractivity contribution in [3.63, 3.8) is 0 Å². The zero-order chi connectivity index (χ0) is 15.2. The summed E-state index contributed by atoms with van der Waals surface area (Å²) >= 11 is 0. The highest BCUT2D eigenvalue weighted by molar-refractivity contribution is 4.90. The van der Waals surface area contributed by atoms with Gasteiger partial charge < -0.3 is 10.1 Å². The van der Waals surface area contributed by atoms with E-state index in [0.29, 0.717) is 16.9 Å². The zero-order valence-corrected chi connectivity index (χ0v) is 14.7. The first kappa shape index (κ1) is 18.0. The standard InChI is InChI=1S/C18H37NO/c1-7-20-13-12-18(14-19-15(2)3)10-8-16(9-11-18)17(4,5)6/h15-16,19H,7-14H2,1-6H3. The van der Waals surface area contributed by atoms with Gasteiger partial charge in [0.05, 0.1) is 0 Å². The van der Waals surface area contributed by atoms with Crippen LogP contribution in [0.4, 0.5) is 0 Å². The van der Waals surface area contributed by atoms with Gasteiger partial charge in [-0.2, -0.15) is 0 Å². The third kappa shape index (κ3) is 5.73. The van der Waals surface area contributed by atoms with Crippen LogP contribution in [0.15, 0.2) is 0 Å². The molecule has 1 aliphatic rings. The van der Waals surface area contributed by atoms with E-state index in [-0.39, 0.29) is 0 Å². The van der Waals surface area contributed by atoms with Crippen molar-refractivity contribution in [2.45, 2.75) is 79.7 Å². The van der Waals surface area contributed by atoms with Crippen molar-refractivity contribution in [1.29, 1.82) is 0 Å². The molecule has 20 heavy (non-hydrogen) atoms. The Hall–Kier alpha value is -0.0800. The first-order valence-corrected chi connectivity index (χ1v) is 8.60. The van der Waals surface area contributed by atoms with Gasteiger partial charge in [0.2, 0.25) is 0 Å². The largest absolute Gasteiger partial charge is 0.382 e. The number of ether oxygens (including phenoxy) is 1. The highest BCUT2D eigenvalue weighted by Crippen LogP contribution is 2.46. The van der Waals surface area contributed by atoms with Crippen LogP contribution >= 0.6 is 0 Å². The summed E-state index contributed by atoms with van der Waals surface area (Å²) in [5.41, 5.74) is 0.943. The number of hydrogen-bond donors (Lipinski definition) is 1. The smallest absolute Gasteiger partial charge is 0.0471 e. The van der Waals surface area contributed by atoms with E-state index < -0.39 is 0 Å². The molecule has 2 heteroatoms. The van der Waals surface area contributed by atoms with E-state index in [1.54, 1.807) is 0 Å². The second-order valence-corrected chi connectivity index (χ2v) is 8.12. The van der Waals surface area contributed by atoms with E-state index in [1.807, 2.05) is 0 Å². The fourth-order valence-corrected chi connectivity index (χ4v) is 3.47. The molecule has 0 atom stereocenters. The van der Waals surface area contributed by atoms with Gasteiger partial charge in [0.25, 0.3) is 0 Å². The lowest BCUT2D eigenvalue weighted by atomic mass is 9.63. The SMILES string of the molecule is CCOCCC1(CNC(C)C)CCC(C(C)(C)C)CC1. The fraction of sp³-hybridized carbons (Fsp3) is 1.00. The predicted molar refractivity (Wildman–Crippen MR) is 88.1 cm³/mol. The molecule has 0 aliphatic heterocycles. The summed E-state index contributed by atoms with van der Waals surface area (Å²) in [4.78, 5) is 0. The van der Waals surface area contributed by atoms with E-state index in [0.717, 1.165) is 25.7 Å². The quantitative estimate of drug-likeness (QED) is 0.688. The van der Waals surface area contributed by atoms with Crippen LogP contribution in [0.1, 0.15) is 73.6 Å². The van der Waals surface area contributed by atoms with Crippen LogP contribution in [-0.4, -0.2) is 25.8 Å². The van der Waals surface area contributed by atoms with Gasteiger partial charge in [0, 0.05) is 25.8 Å². The Kier molecular flexibility index (Phi) is 7.00. The molecule has 0 bridgehead atoms. The molecule has 0 radical (unpaired) electrons. The summed E-state index contributed by atoms with van der Waals surface area (Å²) in [6.07, 6.45) is 6.71. The molecule has 1 fully saturated rings. The Morgan fingerprint density at radius 1 is 1.20 bits per heavy atom. The molecule has 0 amide bonds. The van der Waals surface area contributed by atoms with Crippen LogP contribution in [0.2, 0.25) is 0 Å². The summed E-state index contributed by atoms with van der Waals surface area (Å²) < 4.78 is 5.63. The minimum Gasteiger partial charge on any atom is -0.382 e. The molecule has 0 unspecified atom stereocenters. The molecule has 0 aromatic heterocycles. The molecule has 0 heterocycles. The lowest BCUT2D eigenvalue weighted by Gasteiger charge is -2.44. The third-order valence-corrected chi connectivity index (χ3v) is 5.14. The Labute approximate surface area is 127 Å². The predicted octanol–water partition coefficient (Wildman–Crippen LogP) is 4.63. The van der Waals surface area contributed by atoms with Crippen LogP contribution in [-0.2, 0) is 4.74 Å². The maximum Gasteiger partial charge on any atom is 0.0471 e. The summed E-state index contributed by atoms with van der Waals surface area (Å²) in [6.45, 7) is 16.7. The molecular formula is C18H37NO. The average Bonchev–Trinajstić information content (AvgIpc) is 2.36. The topological polar surface area (TPSA) is 21.3 Å². The van der Waals surface area contributed by atoms with Gasteiger partial charge in [0.15, 0.2) is 0 Å². The summed E-state index contributed by atoms with van der Waals surface area (Å²) in [6, 6.07) is 0.583. The second-order valence-electron chi connectivity index (χ2n) is 8.12. The maximum atomic E-state index is 5.63. The van der Waals surface area contributed by atoms with E-state index in [4.69, 9.17) is 4.74 Å². The van der Waals surface area contributed by atoms with Gasteiger partial charge in [-0.25, -0.2) is 0 Å². The van der Waals surface area contributed by atoms with Crippen molar-refractivity contribution >= 4 is 0 Å². The van der Waals surface area contributed by atoms with Crippen LogP contribution < -0.4 is 5.32 Å². The Morgan fingerprint density at radius 3 is 2.25 bits per heavy atom. The molecule has 1 aliphatic carbocycles. The minimum absolute atomic E-state index is 0.470. The lowest BCUT2D eigenvalue weighted by molar-refractivity contribution is 0.0443. The third-order valence-electron chi connectivity index (χ3n) is 5.14. The molecule has 0 aromatic carbocycles. The highest BCUT2D eigenvalue weighted by atomic mass is 16.5. The number of hydrogen-bond acceptors (Lipinski definition) is 2. The highest BCUT2D eigenvalue weighted by Gasteiger charge is 2.38. The molecule has 120 valence electrons. The van der Waals surface area contributed by atoms with E-state index in [2.05, 4.69) is 46.9 Å². The maximum absolute atomic E-state index is 5.63. The monoisotopic (exact) mass is 283 g/mol. The van der Waals surface area contributed by atoms with Crippen LogP contribution in [0.5, 0.6) is 0 Å². The normalized spacial score (nSPS) is 28.1.